The van der Waals surface area contributed by atoms with E-state index in [0.717, 1.165) is 12.0 Å². The maximum atomic E-state index is 13.1. The Balaban J connectivity index is 2.18. The number of allylic oxidation sites excluding steroid dienone is 1. The second-order valence-corrected chi connectivity index (χ2v) is 10.7. The predicted molar refractivity (Wildman–Crippen MR) is 128 cm³/mol. The zero-order valence-electron chi connectivity index (χ0n) is 21.5. The molecule has 0 radical (unpaired) electrons. The Morgan fingerprint density at radius 3 is 2.52 bits per heavy atom. The van der Waals surface area contributed by atoms with Gasteiger partial charge >= 0.3 is 0 Å². The van der Waals surface area contributed by atoms with Gasteiger partial charge in [-0.25, -0.2) is 0 Å². The van der Waals surface area contributed by atoms with Gasteiger partial charge in [0.1, 0.15) is 5.78 Å². The molecule has 2 aliphatic heterocycles. The number of ketones is 1. The molecular weight excluding hydrogens is 422 g/mol. The maximum absolute atomic E-state index is 13.1. The number of aliphatic hydroxyl groups is 1. The Morgan fingerprint density at radius 2 is 1.85 bits per heavy atom. The molecule has 190 valence electrons. The largest absolute Gasteiger partial charge is 0.390 e. The Morgan fingerprint density at radius 1 is 1.15 bits per heavy atom. The van der Waals surface area contributed by atoms with E-state index in [1.807, 2.05) is 20.8 Å². The lowest BCUT2D eigenvalue weighted by Crippen LogP contribution is -2.47. The van der Waals surface area contributed by atoms with E-state index in [9.17, 15) is 14.7 Å². The van der Waals surface area contributed by atoms with Gasteiger partial charge in [0.05, 0.1) is 23.4 Å². The molecule has 0 spiro atoms. The molecule has 2 heterocycles. The first-order valence-corrected chi connectivity index (χ1v) is 12.4. The topological polar surface area (TPSA) is 85.3 Å². The molecule has 0 bridgehead atoms. The molecule has 0 aromatic heterocycles. The van der Waals surface area contributed by atoms with Crippen molar-refractivity contribution in [1.29, 1.82) is 0 Å². The van der Waals surface area contributed by atoms with Crippen molar-refractivity contribution < 1.29 is 28.9 Å². The maximum Gasteiger partial charge on any atom is 0.222 e. The first-order chi connectivity index (χ1) is 15.3. The summed E-state index contributed by atoms with van der Waals surface area (Å²) in [6, 6.07) is 0. The van der Waals surface area contributed by atoms with Crippen LogP contribution in [0.25, 0.3) is 0 Å². The fourth-order valence-electron chi connectivity index (χ4n) is 4.85. The van der Waals surface area contributed by atoms with Crippen LogP contribution in [0.2, 0.25) is 0 Å². The number of rotatable bonds is 3. The number of hydrogen-bond donors (Lipinski definition) is 1. The van der Waals surface area contributed by atoms with Crippen LogP contribution < -0.4 is 0 Å². The minimum absolute atomic E-state index is 0.0145. The molecule has 7 heteroatoms. The summed E-state index contributed by atoms with van der Waals surface area (Å²) in [7, 11) is 3.49. The second-order valence-electron chi connectivity index (χ2n) is 10.7. The minimum atomic E-state index is -0.903. The lowest BCUT2D eigenvalue weighted by Gasteiger charge is -2.42. The standard InChI is InChI=1S/C26H45NO6/c1-18-9-10-23(29)27(6)14-8-12-25(4,30)13-11-22(20(3)21(28)15-18)33-24-17-26(5,31-7)16-19(2)32-24/h19-20,22,24,30H,1,8-17H2,2-7H3/t19-,20-,22-,24-,25+,26-/m0/s1. The van der Waals surface area contributed by atoms with Crippen molar-refractivity contribution >= 4 is 11.7 Å². The summed E-state index contributed by atoms with van der Waals surface area (Å²) in [5, 5.41) is 11.0. The Labute approximate surface area is 199 Å². The van der Waals surface area contributed by atoms with E-state index in [-0.39, 0.29) is 41.8 Å². The van der Waals surface area contributed by atoms with Crippen LogP contribution in [0.1, 0.15) is 85.5 Å². The van der Waals surface area contributed by atoms with Crippen LogP contribution in [-0.2, 0) is 23.8 Å². The average Bonchev–Trinajstić information content (AvgIpc) is 2.73. The monoisotopic (exact) mass is 467 g/mol. The van der Waals surface area contributed by atoms with Crippen molar-refractivity contribution in [3.05, 3.63) is 12.2 Å². The molecule has 2 rings (SSSR count). The van der Waals surface area contributed by atoms with Crippen molar-refractivity contribution in [2.75, 3.05) is 20.7 Å². The van der Waals surface area contributed by atoms with Gasteiger partial charge in [-0.15, -0.1) is 0 Å². The first-order valence-electron chi connectivity index (χ1n) is 12.4. The van der Waals surface area contributed by atoms with E-state index in [2.05, 4.69) is 13.5 Å². The molecule has 0 aromatic rings. The summed E-state index contributed by atoms with van der Waals surface area (Å²) < 4.78 is 18.2. The van der Waals surface area contributed by atoms with Gasteiger partial charge in [-0.3, -0.25) is 9.59 Å². The molecule has 6 atom stereocenters. The van der Waals surface area contributed by atoms with Crippen molar-refractivity contribution in [3.8, 4) is 0 Å². The molecule has 2 aliphatic rings. The predicted octanol–water partition coefficient (Wildman–Crippen LogP) is 4.02. The van der Waals surface area contributed by atoms with E-state index >= 15 is 0 Å². The fraction of sp³-hybridized carbons (Fsp3) is 0.846. The third-order valence-electron chi connectivity index (χ3n) is 7.31. The summed E-state index contributed by atoms with van der Waals surface area (Å²) in [5.41, 5.74) is -0.475. The van der Waals surface area contributed by atoms with Crippen molar-refractivity contribution in [2.45, 2.75) is 115 Å². The number of hydrogen-bond acceptors (Lipinski definition) is 6. The van der Waals surface area contributed by atoms with Gasteiger partial charge in [-0.2, -0.15) is 0 Å². The summed E-state index contributed by atoms with van der Waals surface area (Å²) in [4.78, 5) is 27.2. The van der Waals surface area contributed by atoms with Crippen LogP contribution in [0, 0.1) is 5.92 Å². The first kappa shape index (κ1) is 28.0. The van der Waals surface area contributed by atoms with Crippen LogP contribution in [-0.4, -0.2) is 72.1 Å². The van der Waals surface area contributed by atoms with Gasteiger partial charge < -0.3 is 24.2 Å². The van der Waals surface area contributed by atoms with Crippen LogP contribution in [0.3, 0.4) is 0 Å². The summed E-state index contributed by atoms with van der Waals surface area (Å²) in [6.45, 7) is 12.4. The van der Waals surface area contributed by atoms with E-state index in [4.69, 9.17) is 14.2 Å². The molecule has 7 nitrogen and oxygen atoms in total. The zero-order valence-corrected chi connectivity index (χ0v) is 21.5. The number of carbonyl (C=O) groups excluding carboxylic acids is 2. The Bertz CT molecular complexity index is 692. The summed E-state index contributed by atoms with van der Waals surface area (Å²) in [6.07, 6.45) is 3.89. The summed E-state index contributed by atoms with van der Waals surface area (Å²) in [5.74, 6) is -0.300. The average molecular weight is 468 g/mol. The smallest absolute Gasteiger partial charge is 0.222 e. The van der Waals surface area contributed by atoms with E-state index < -0.39 is 11.9 Å². The van der Waals surface area contributed by atoms with Crippen molar-refractivity contribution in [2.24, 2.45) is 5.92 Å². The van der Waals surface area contributed by atoms with E-state index in [1.165, 1.54) is 0 Å². The van der Waals surface area contributed by atoms with Crippen LogP contribution in [0.4, 0.5) is 0 Å². The Hall–Kier alpha value is -1.28. The number of nitrogens with zero attached hydrogens (tertiary/aromatic N) is 1. The highest BCUT2D eigenvalue weighted by Gasteiger charge is 2.39. The molecule has 0 saturated carbocycles. The molecular formula is C26H45NO6. The highest BCUT2D eigenvalue weighted by atomic mass is 16.7. The van der Waals surface area contributed by atoms with Gasteiger partial charge in [-0.05, 0) is 52.9 Å². The Kier molecular flexibility index (Phi) is 10.1. The minimum Gasteiger partial charge on any atom is -0.390 e. The number of methoxy groups -OCH3 is 1. The van der Waals surface area contributed by atoms with E-state index in [1.54, 1.807) is 19.1 Å². The van der Waals surface area contributed by atoms with E-state index in [0.29, 0.717) is 51.5 Å². The third-order valence-corrected chi connectivity index (χ3v) is 7.31. The van der Waals surface area contributed by atoms with Gasteiger partial charge in [-0.1, -0.05) is 19.1 Å². The fourth-order valence-corrected chi connectivity index (χ4v) is 4.85. The van der Waals surface area contributed by atoms with Gasteiger partial charge in [0.2, 0.25) is 5.91 Å². The van der Waals surface area contributed by atoms with Crippen LogP contribution in [0.15, 0.2) is 12.2 Å². The SMILES string of the molecule is C=C1CCC(=O)N(C)CCC[C@@](C)(O)CC[C@H](O[C@H]2C[C@@](C)(OC)C[C@H](C)O2)[C@@H](C)C(=O)C1. The molecule has 2 fully saturated rings. The zero-order chi connectivity index (χ0) is 24.8. The van der Waals surface area contributed by atoms with Crippen molar-refractivity contribution in [1.82, 2.24) is 4.90 Å². The molecule has 0 aromatic carbocycles. The molecule has 2 saturated heterocycles. The van der Waals surface area contributed by atoms with Crippen LogP contribution >= 0.6 is 0 Å². The third kappa shape index (κ3) is 8.78. The highest BCUT2D eigenvalue weighted by molar-refractivity contribution is 5.83. The lowest BCUT2D eigenvalue weighted by molar-refractivity contribution is -0.257. The molecule has 0 aliphatic carbocycles. The number of Topliss-reactive ketones (excluding diaryl/α,β-unsaturated/α-hetero) is 1. The van der Waals surface area contributed by atoms with Crippen molar-refractivity contribution in [3.63, 3.8) is 0 Å². The van der Waals surface area contributed by atoms with Gasteiger partial charge in [0.25, 0.3) is 0 Å². The van der Waals surface area contributed by atoms with Crippen LogP contribution in [0.5, 0.6) is 0 Å². The molecule has 0 unspecified atom stereocenters. The molecule has 33 heavy (non-hydrogen) atoms. The van der Waals surface area contributed by atoms with Gasteiger partial charge in [0, 0.05) is 52.3 Å². The number of ether oxygens (including phenoxy) is 3. The summed E-state index contributed by atoms with van der Waals surface area (Å²) >= 11 is 0. The normalized spacial score (nSPS) is 38.6. The molecule has 1 amide bonds. The number of amides is 1. The highest BCUT2D eigenvalue weighted by Crippen LogP contribution is 2.34. The second kappa shape index (κ2) is 11.9. The molecule has 1 N–H and O–H groups in total. The quantitative estimate of drug-likeness (QED) is 0.631. The lowest BCUT2D eigenvalue weighted by atomic mass is 9.86. The number of carbonyl (C=O) groups is 2. The van der Waals surface area contributed by atoms with Gasteiger partial charge in [0.15, 0.2) is 6.29 Å².